The second-order valence-electron chi connectivity index (χ2n) is 5.77. The SMILES string of the molecule is O=C(c1cn(-c2cccc(Br)c2)nn1)N1CCc2ccccc2C1. The molecule has 0 saturated heterocycles. The van der Waals surface area contributed by atoms with Gasteiger partial charge in [-0.25, -0.2) is 4.68 Å². The molecule has 0 bridgehead atoms. The van der Waals surface area contributed by atoms with Crippen LogP contribution in [0.5, 0.6) is 0 Å². The Labute approximate surface area is 148 Å². The molecule has 0 unspecified atom stereocenters. The van der Waals surface area contributed by atoms with Gasteiger partial charge >= 0.3 is 0 Å². The molecule has 3 aromatic rings. The van der Waals surface area contributed by atoms with E-state index in [1.807, 2.05) is 41.3 Å². The molecule has 120 valence electrons. The average molecular weight is 383 g/mol. The lowest BCUT2D eigenvalue weighted by molar-refractivity contribution is 0.0728. The first-order valence-corrected chi connectivity index (χ1v) is 8.54. The molecular formula is C18H15BrN4O. The van der Waals surface area contributed by atoms with Crippen molar-refractivity contribution >= 4 is 21.8 Å². The standard InChI is InChI=1S/C18H15BrN4O/c19-15-6-3-7-16(10-15)23-12-17(20-21-23)18(24)22-9-8-13-4-1-2-5-14(13)11-22/h1-7,10,12H,8-9,11H2. The van der Waals surface area contributed by atoms with E-state index in [0.717, 1.165) is 16.6 Å². The fourth-order valence-corrected chi connectivity index (χ4v) is 3.32. The summed E-state index contributed by atoms with van der Waals surface area (Å²) < 4.78 is 2.58. The highest BCUT2D eigenvalue weighted by molar-refractivity contribution is 9.10. The lowest BCUT2D eigenvalue weighted by Gasteiger charge is -2.28. The van der Waals surface area contributed by atoms with Crippen LogP contribution in [0.15, 0.2) is 59.2 Å². The van der Waals surface area contributed by atoms with Crippen LogP contribution in [0, 0.1) is 0 Å². The Morgan fingerprint density at radius 2 is 1.92 bits per heavy atom. The molecular weight excluding hydrogens is 368 g/mol. The van der Waals surface area contributed by atoms with Gasteiger partial charge in [0.1, 0.15) is 0 Å². The molecule has 1 aromatic heterocycles. The van der Waals surface area contributed by atoms with Crippen LogP contribution >= 0.6 is 15.9 Å². The van der Waals surface area contributed by atoms with E-state index in [4.69, 9.17) is 0 Å². The Morgan fingerprint density at radius 3 is 2.75 bits per heavy atom. The van der Waals surface area contributed by atoms with Crippen LogP contribution in [0.4, 0.5) is 0 Å². The highest BCUT2D eigenvalue weighted by atomic mass is 79.9. The van der Waals surface area contributed by atoms with Crippen molar-refractivity contribution in [3.05, 3.63) is 76.0 Å². The minimum absolute atomic E-state index is 0.0780. The van der Waals surface area contributed by atoms with Crippen LogP contribution in [0.3, 0.4) is 0 Å². The van der Waals surface area contributed by atoms with Gasteiger partial charge in [0, 0.05) is 17.6 Å². The number of carbonyl (C=O) groups is 1. The fraction of sp³-hybridized carbons (Fsp3) is 0.167. The quantitative estimate of drug-likeness (QED) is 0.683. The second-order valence-corrected chi connectivity index (χ2v) is 6.69. The number of hydrogen-bond donors (Lipinski definition) is 0. The number of rotatable bonds is 2. The number of hydrogen-bond acceptors (Lipinski definition) is 3. The zero-order valence-electron chi connectivity index (χ0n) is 12.9. The summed E-state index contributed by atoms with van der Waals surface area (Å²) in [6, 6.07) is 16.0. The van der Waals surface area contributed by atoms with Gasteiger partial charge in [-0.1, -0.05) is 51.5 Å². The molecule has 2 aromatic carbocycles. The number of amides is 1. The third kappa shape index (κ3) is 2.85. The topological polar surface area (TPSA) is 51.0 Å². The number of fused-ring (bicyclic) bond motifs is 1. The van der Waals surface area contributed by atoms with E-state index in [0.29, 0.717) is 18.8 Å². The summed E-state index contributed by atoms with van der Waals surface area (Å²) >= 11 is 3.44. The first-order valence-electron chi connectivity index (χ1n) is 7.75. The van der Waals surface area contributed by atoms with E-state index in [9.17, 15) is 4.79 Å². The minimum Gasteiger partial charge on any atom is -0.333 e. The van der Waals surface area contributed by atoms with E-state index < -0.39 is 0 Å². The second kappa shape index (κ2) is 6.20. The maximum atomic E-state index is 12.7. The van der Waals surface area contributed by atoms with Gasteiger partial charge in [-0.3, -0.25) is 4.79 Å². The van der Waals surface area contributed by atoms with Crippen molar-refractivity contribution in [2.24, 2.45) is 0 Å². The summed E-state index contributed by atoms with van der Waals surface area (Å²) in [5.41, 5.74) is 3.75. The van der Waals surface area contributed by atoms with Gasteiger partial charge < -0.3 is 4.90 Å². The van der Waals surface area contributed by atoms with Crippen molar-refractivity contribution in [2.75, 3.05) is 6.54 Å². The molecule has 0 saturated carbocycles. The van der Waals surface area contributed by atoms with Gasteiger partial charge in [0.05, 0.1) is 11.9 Å². The van der Waals surface area contributed by atoms with Gasteiger partial charge in [0.25, 0.3) is 5.91 Å². The molecule has 6 heteroatoms. The molecule has 0 aliphatic carbocycles. The van der Waals surface area contributed by atoms with Gasteiger partial charge in [-0.05, 0) is 35.7 Å². The van der Waals surface area contributed by atoms with Crippen LogP contribution in [0.1, 0.15) is 21.6 Å². The predicted octanol–water partition coefficient (Wildman–Crippen LogP) is 3.23. The van der Waals surface area contributed by atoms with E-state index >= 15 is 0 Å². The van der Waals surface area contributed by atoms with Crippen molar-refractivity contribution in [2.45, 2.75) is 13.0 Å². The average Bonchev–Trinajstić information content (AvgIpc) is 3.11. The maximum Gasteiger partial charge on any atom is 0.276 e. The first kappa shape index (κ1) is 15.1. The Bertz CT molecular complexity index is 905. The maximum absolute atomic E-state index is 12.7. The normalized spacial score (nSPS) is 13.6. The van der Waals surface area contributed by atoms with E-state index in [1.165, 1.54) is 11.1 Å². The van der Waals surface area contributed by atoms with Crippen molar-refractivity contribution in [1.82, 2.24) is 19.9 Å². The molecule has 0 atom stereocenters. The number of halogens is 1. The number of carbonyl (C=O) groups excluding carboxylic acids is 1. The third-order valence-electron chi connectivity index (χ3n) is 4.20. The largest absolute Gasteiger partial charge is 0.333 e. The van der Waals surface area contributed by atoms with Crippen LogP contribution in [-0.4, -0.2) is 32.3 Å². The zero-order chi connectivity index (χ0) is 16.5. The molecule has 1 aliphatic rings. The lowest BCUT2D eigenvalue weighted by Crippen LogP contribution is -2.36. The highest BCUT2D eigenvalue weighted by Gasteiger charge is 2.23. The van der Waals surface area contributed by atoms with Crippen LogP contribution in [0.2, 0.25) is 0 Å². The molecule has 4 rings (SSSR count). The summed E-state index contributed by atoms with van der Waals surface area (Å²) in [5, 5.41) is 8.15. The molecule has 0 radical (unpaired) electrons. The summed E-state index contributed by atoms with van der Waals surface area (Å²) in [6.45, 7) is 1.33. The molecule has 2 heterocycles. The Morgan fingerprint density at radius 1 is 1.08 bits per heavy atom. The van der Waals surface area contributed by atoms with Crippen LogP contribution in [0.25, 0.3) is 5.69 Å². The molecule has 5 nitrogen and oxygen atoms in total. The van der Waals surface area contributed by atoms with Gasteiger partial charge in [0.2, 0.25) is 0 Å². The molecule has 1 amide bonds. The van der Waals surface area contributed by atoms with Crippen molar-refractivity contribution in [3.8, 4) is 5.69 Å². The summed E-state index contributed by atoms with van der Waals surface area (Å²) in [4.78, 5) is 14.6. The van der Waals surface area contributed by atoms with Crippen LogP contribution < -0.4 is 0 Å². The van der Waals surface area contributed by atoms with Crippen LogP contribution in [-0.2, 0) is 13.0 Å². The van der Waals surface area contributed by atoms with E-state index in [2.05, 4.69) is 38.4 Å². The first-order chi connectivity index (χ1) is 11.7. The van der Waals surface area contributed by atoms with Crippen molar-refractivity contribution < 1.29 is 4.79 Å². The number of aromatic nitrogens is 3. The predicted molar refractivity (Wildman–Crippen MR) is 93.9 cm³/mol. The molecule has 0 N–H and O–H groups in total. The Balaban J connectivity index is 1.56. The van der Waals surface area contributed by atoms with Gasteiger partial charge in [-0.2, -0.15) is 0 Å². The summed E-state index contributed by atoms with van der Waals surface area (Å²) in [6.07, 6.45) is 2.56. The smallest absolute Gasteiger partial charge is 0.276 e. The zero-order valence-corrected chi connectivity index (χ0v) is 14.5. The highest BCUT2D eigenvalue weighted by Crippen LogP contribution is 2.20. The Hall–Kier alpha value is -2.47. The van der Waals surface area contributed by atoms with E-state index in [-0.39, 0.29) is 5.91 Å². The van der Waals surface area contributed by atoms with Gasteiger partial charge in [-0.15, -0.1) is 5.10 Å². The Kier molecular flexibility index (Phi) is 3.90. The molecule has 0 fully saturated rings. The van der Waals surface area contributed by atoms with Crippen molar-refractivity contribution in [1.29, 1.82) is 0 Å². The third-order valence-corrected chi connectivity index (χ3v) is 4.70. The summed E-state index contributed by atoms with van der Waals surface area (Å²) in [7, 11) is 0. The monoisotopic (exact) mass is 382 g/mol. The molecule has 24 heavy (non-hydrogen) atoms. The van der Waals surface area contributed by atoms with Crippen molar-refractivity contribution in [3.63, 3.8) is 0 Å². The molecule has 0 spiro atoms. The lowest BCUT2D eigenvalue weighted by atomic mass is 10.00. The van der Waals surface area contributed by atoms with Gasteiger partial charge in [0.15, 0.2) is 5.69 Å². The number of benzene rings is 2. The fourth-order valence-electron chi connectivity index (χ4n) is 2.94. The van der Waals surface area contributed by atoms with E-state index in [1.54, 1.807) is 10.9 Å². The summed E-state index contributed by atoms with van der Waals surface area (Å²) in [5.74, 6) is -0.0780. The molecule has 1 aliphatic heterocycles. The number of nitrogens with zero attached hydrogens (tertiary/aromatic N) is 4. The minimum atomic E-state index is -0.0780.